The van der Waals surface area contributed by atoms with Gasteiger partial charge in [0.1, 0.15) is 0 Å². The van der Waals surface area contributed by atoms with Crippen molar-refractivity contribution in [1.82, 2.24) is 0 Å². The monoisotopic (exact) mass is 280 g/mol. The van der Waals surface area contributed by atoms with Crippen molar-refractivity contribution < 1.29 is 4.79 Å². The first-order valence-electron chi connectivity index (χ1n) is 5.47. The molecule has 0 saturated heterocycles. The van der Waals surface area contributed by atoms with E-state index in [-0.39, 0.29) is 5.56 Å². The predicted octanol–water partition coefficient (Wildman–Crippen LogP) is 2.22. The third kappa shape index (κ3) is 1.42. The SMILES string of the molecule is N#CC1(C#N)C(C(=O)c2ccc(Cl)cc2)C1(C#N)C#N. The molecule has 0 atom stereocenters. The van der Waals surface area contributed by atoms with Gasteiger partial charge < -0.3 is 0 Å². The lowest BCUT2D eigenvalue weighted by Gasteiger charge is -1.99. The van der Waals surface area contributed by atoms with Crippen LogP contribution >= 0.6 is 11.6 Å². The van der Waals surface area contributed by atoms with Gasteiger partial charge >= 0.3 is 0 Å². The van der Waals surface area contributed by atoms with Crippen LogP contribution < -0.4 is 0 Å². The molecule has 0 aliphatic heterocycles. The van der Waals surface area contributed by atoms with E-state index in [9.17, 15) is 4.79 Å². The normalized spacial score (nSPS) is 17.9. The number of ketones is 1. The standard InChI is InChI=1S/C14H5ClN4O/c15-10-3-1-9(2-4-10)11(20)12-13(5-16,6-17)14(12,7-18)8-19/h1-4,12H. The first-order chi connectivity index (χ1) is 9.52. The number of hydrogen-bond acceptors (Lipinski definition) is 5. The Morgan fingerprint density at radius 2 is 1.35 bits per heavy atom. The number of halogens is 1. The molecule has 0 N–H and O–H groups in total. The Labute approximate surface area is 119 Å². The minimum atomic E-state index is -1.91. The maximum Gasteiger partial charge on any atom is 0.188 e. The Hall–Kier alpha value is -2.86. The molecular weight excluding hydrogens is 276 g/mol. The predicted molar refractivity (Wildman–Crippen MR) is 66.6 cm³/mol. The fourth-order valence-electron chi connectivity index (χ4n) is 2.31. The number of rotatable bonds is 2. The van der Waals surface area contributed by atoms with Crippen LogP contribution in [-0.4, -0.2) is 5.78 Å². The second-order valence-corrected chi connectivity index (χ2v) is 4.80. The topological polar surface area (TPSA) is 112 Å². The summed E-state index contributed by atoms with van der Waals surface area (Å²) in [5, 5.41) is 36.9. The fourth-order valence-corrected chi connectivity index (χ4v) is 2.44. The molecule has 20 heavy (non-hydrogen) atoms. The first-order valence-corrected chi connectivity index (χ1v) is 5.85. The quantitative estimate of drug-likeness (QED) is 0.771. The Morgan fingerprint density at radius 1 is 0.950 bits per heavy atom. The van der Waals surface area contributed by atoms with Crippen LogP contribution in [0.3, 0.4) is 0 Å². The summed E-state index contributed by atoms with van der Waals surface area (Å²) in [7, 11) is 0. The van der Waals surface area contributed by atoms with Crippen LogP contribution in [0.25, 0.3) is 0 Å². The molecule has 1 aromatic carbocycles. The highest BCUT2D eigenvalue weighted by Gasteiger charge is 2.84. The van der Waals surface area contributed by atoms with Crippen molar-refractivity contribution in [2.75, 3.05) is 0 Å². The maximum atomic E-state index is 12.3. The molecule has 1 fully saturated rings. The summed E-state index contributed by atoms with van der Waals surface area (Å²) in [6.45, 7) is 0. The molecule has 94 valence electrons. The van der Waals surface area contributed by atoms with Crippen molar-refractivity contribution in [3.05, 3.63) is 34.9 Å². The molecule has 6 heteroatoms. The van der Waals surface area contributed by atoms with Gasteiger partial charge in [-0.15, -0.1) is 0 Å². The van der Waals surface area contributed by atoms with E-state index in [0.29, 0.717) is 5.02 Å². The zero-order valence-electron chi connectivity index (χ0n) is 9.96. The molecule has 0 heterocycles. The summed E-state index contributed by atoms with van der Waals surface area (Å²) in [4.78, 5) is 12.3. The summed E-state index contributed by atoms with van der Waals surface area (Å²) in [5.74, 6) is -1.84. The van der Waals surface area contributed by atoms with Gasteiger partial charge in [-0.1, -0.05) is 11.6 Å². The van der Waals surface area contributed by atoms with Gasteiger partial charge in [-0.3, -0.25) is 4.79 Å². The molecule has 1 aromatic rings. The van der Waals surface area contributed by atoms with Crippen molar-refractivity contribution in [3.63, 3.8) is 0 Å². The molecule has 0 spiro atoms. The lowest BCUT2D eigenvalue weighted by Crippen LogP contribution is -2.08. The fraction of sp³-hybridized carbons (Fsp3) is 0.214. The minimum Gasteiger partial charge on any atom is -0.294 e. The van der Waals surface area contributed by atoms with Crippen LogP contribution in [0.4, 0.5) is 0 Å². The van der Waals surface area contributed by atoms with Gasteiger partial charge in [-0.05, 0) is 24.3 Å². The van der Waals surface area contributed by atoms with Gasteiger partial charge in [0.15, 0.2) is 16.6 Å². The third-order valence-electron chi connectivity index (χ3n) is 3.50. The molecule has 0 amide bonds. The van der Waals surface area contributed by atoms with E-state index in [1.807, 2.05) is 0 Å². The van der Waals surface area contributed by atoms with Crippen molar-refractivity contribution >= 4 is 17.4 Å². The van der Waals surface area contributed by atoms with Gasteiger partial charge in [-0.25, -0.2) is 0 Å². The highest BCUT2D eigenvalue weighted by molar-refractivity contribution is 6.30. The molecule has 5 nitrogen and oxygen atoms in total. The van der Waals surface area contributed by atoms with E-state index >= 15 is 0 Å². The van der Waals surface area contributed by atoms with Crippen LogP contribution in [0.15, 0.2) is 24.3 Å². The zero-order valence-corrected chi connectivity index (χ0v) is 10.7. The van der Waals surface area contributed by atoms with Gasteiger partial charge in [0, 0.05) is 10.6 Å². The van der Waals surface area contributed by atoms with Crippen molar-refractivity contribution in [2.24, 2.45) is 16.7 Å². The number of nitriles is 4. The average molecular weight is 281 g/mol. The van der Waals surface area contributed by atoms with Gasteiger partial charge in [0.25, 0.3) is 0 Å². The second-order valence-electron chi connectivity index (χ2n) is 4.37. The minimum absolute atomic E-state index is 0.210. The molecule has 0 bridgehead atoms. The van der Waals surface area contributed by atoms with Crippen LogP contribution in [0, 0.1) is 62.1 Å². The number of benzene rings is 1. The van der Waals surface area contributed by atoms with Crippen LogP contribution in [0.2, 0.25) is 5.02 Å². The Kier molecular flexibility index (Phi) is 2.96. The first kappa shape index (κ1) is 13.6. The van der Waals surface area contributed by atoms with E-state index in [1.54, 1.807) is 24.3 Å². The number of carbonyl (C=O) groups is 1. The highest BCUT2D eigenvalue weighted by atomic mass is 35.5. The summed E-state index contributed by atoms with van der Waals surface area (Å²) in [6.07, 6.45) is 0. The Morgan fingerprint density at radius 3 is 1.70 bits per heavy atom. The van der Waals surface area contributed by atoms with E-state index in [4.69, 9.17) is 32.6 Å². The van der Waals surface area contributed by atoms with Gasteiger partial charge in [-0.2, -0.15) is 21.0 Å². The smallest absolute Gasteiger partial charge is 0.188 e. The molecule has 1 saturated carbocycles. The van der Waals surface area contributed by atoms with E-state index in [1.165, 1.54) is 24.3 Å². The largest absolute Gasteiger partial charge is 0.294 e. The van der Waals surface area contributed by atoms with Crippen LogP contribution in [0.1, 0.15) is 10.4 Å². The van der Waals surface area contributed by atoms with Crippen molar-refractivity contribution in [3.8, 4) is 24.3 Å². The van der Waals surface area contributed by atoms with Gasteiger partial charge in [0.2, 0.25) is 0 Å². The molecule has 2 rings (SSSR count). The lowest BCUT2D eigenvalue weighted by molar-refractivity contribution is 0.0954. The Balaban J connectivity index is 2.50. The number of Topliss-reactive ketones (excluding diaryl/α,β-unsaturated/α-hetero) is 1. The van der Waals surface area contributed by atoms with Gasteiger partial charge in [0.05, 0.1) is 30.2 Å². The molecule has 0 radical (unpaired) electrons. The molecule has 0 aromatic heterocycles. The summed E-state index contributed by atoms with van der Waals surface area (Å²) >= 11 is 5.71. The summed E-state index contributed by atoms with van der Waals surface area (Å²) < 4.78 is 0. The van der Waals surface area contributed by atoms with Crippen molar-refractivity contribution in [1.29, 1.82) is 21.0 Å². The average Bonchev–Trinajstić information content (AvgIpc) is 3.10. The number of hydrogen-bond donors (Lipinski definition) is 0. The van der Waals surface area contributed by atoms with Crippen molar-refractivity contribution in [2.45, 2.75) is 0 Å². The third-order valence-corrected chi connectivity index (χ3v) is 3.75. The van der Waals surface area contributed by atoms with Crippen LogP contribution in [0.5, 0.6) is 0 Å². The lowest BCUT2D eigenvalue weighted by atomic mass is 9.98. The number of carbonyl (C=O) groups excluding carboxylic acids is 1. The molecule has 1 aliphatic rings. The number of nitrogens with zero attached hydrogens (tertiary/aromatic N) is 4. The zero-order chi connectivity index (χ0) is 15.0. The van der Waals surface area contributed by atoms with E-state index in [2.05, 4.69) is 0 Å². The van der Waals surface area contributed by atoms with E-state index < -0.39 is 22.5 Å². The Bertz CT molecular complexity index is 689. The summed E-state index contributed by atoms with van der Waals surface area (Å²) in [5.41, 5.74) is -3.61. The highest BCUT2D eigenvalue weighted by Crippen LogP contribution is 2.68. The van der Waals surface area contributed by atoms with E-state index in [0.717, 1.165) is 0 Å². The van der Waals surface area contributed by atoms with Crippen LogP contribution in [-0.2, 0) is 0 Å². The summed E-state index contributed by atoms with van der Waals surface area (Å²) in [6, 6.07) is 12.4. The molecule has 0 unspecified atom stereocenters. The molecule has 1 aliphatic carbocycles. The molecular formula is C14H5ClN4O. The second kappa shape index (κ2) is 4.36. The maximum absolute atomic E-state index is 12.3.